The highest BCUT2D eigenvalue weighted by atomic mass is 32.1. The van der Waals surface area contributed by atoms with Crippen LogP contribution in [0.2, 0.25) is 0 Å². The van der Waals surface area contributed by atoms with Crippen LogP contribution in [0.1, 0.15) is 27.5 Å². The third kappa shape index (κ3) is 4.20. The highest BCUT2D eigenvalue weighted by Crippen LogP contribution is 2.42. The summed E-state index contributed by atoms with van der Waals surface area (Å²) in [6, 6.07) is 5.70. The molecule has 1 aromatic carbocycles. The number of hydrogen-bond acceptors (Lipinski definition) is 5. The minimum absolute atomic E-state index is 0.135. The highest BCUT2D eigenvalue weighted by Gasteiger charge is 2.58. The van der Waals surface area contributed by atoms with Gasteiger partial charge in [0.25, 0.3) is 5.91 Å². The van der Waals surface area contributed by atoms with Gasteiger partial charge in [-0.05, 0) is 25.1 Å². The van der Waals surface area contributed by atoms with E-state index in [-0.39, 0.29) is 11.3 Å². The van der Waals surface area contributed by atoms with Crippen LogP contribution < -0.4 is 10.6 Å². The molecule has 10 heteroatoms. The highest BCUT2D eigenvalue weighted by molar-refractivity contribution is 7.09. The third-order valence-corrected chi connectivity index (χ3v) is 4.60. The average molecular weight is 387 g/mol. The summed E-state index contributed by atoms with van der Waals surface area (Å²) in [6.45, 7) is 1.49. The van der Waals surface area contributed by atoms with Crippen molar-refractivity contribution in [3.63, 3.8) is 0 Å². The first-order chi connectivity index (χ1) is 12.1. The van der Waals surface area contributed by atoms with E-state index in [4.69, 9.17) is 0 Å². The summed E-state index contributed by atoms with van der Waals surface area (Å²) in [4.78, 5) is 27.4. The van der Waals surface area contributed by atoms with Gasteiger partial charge in [-0.25, -0.2) is 4.98 Å². The van der Waals surface area contributed by atoms with Crippen LogP contribution >= 0.6 is 11.3 Å². The summed E-state index contributed by atoms with van der Waals surface area (Å²) in [5.74, 6) is -1.47. The number of rotatable bonds is 5. The number of nitrogens with one attached hydrogen (secondary N) is 2. The number of aromatic nitrogens is 1. The Hall–Kier alpha value is -2.46. The molecule has 0 aliphatic heterocycles. The van der Waals surface area contributed by atoms with Gasteiger partial charge in [0.15, 0.2) is 0 Å². The summed E-state index contributed by atoms with van der Waals surface area (Å²) < 4.78 is 40.2. The number of benzene rings is 1. The molecule has 0 spiro atoms. The molecule has 6 nitrogen and oxygen atoms in total. The molecule has 0 bridgehead atoms. The Morgan fingerprint density at radius 2 is 2.00 bits per heavy atom. The molecule has 1 heterocycles. The second kappa shape index (κ2) is 7.42. The van der Waals surface area contributed by atoms with Crippen molar-refractivity contribution < 1.29 is 27.9 Å². The number of amides is 2. The van der Waals surface area contributed by atoms with Crippen LogP contribution in [0.3, 0.4) is 0 Å². The number of carbonyl (C=O) groups is 2. The predicted molar refractivity (Wildman–Crippen MR) is 89.9 cm³/mol. The van der Waals surface area contributed by atoms with Gasteiger partial charge in [-0.1, -0.05) is 6.07 Å². The zero-order valence-electron chi connectivity index (χ0n) is 13.8. The summed E-state index contributed by atoms with van der Waals surface area (Å²) >= 11 is 0.627. The van der Waals surface area contributed by atoms with Crippen LogP contribution in [-0.2, 0) is 10.4 Å². The maximum Gasteiger partial charge on any atom is 0.424 e. The quantitative estimate of drug-likeness (QED) is 0.736. The Morgan fingerprint density at radius 1 is 1.31 bits per heavy atom. The fraction of sp³-hybridized carbons (Fsp3) is 0.312. The van der Waals surface area contributed by atoms with Gasteiger partial charge in [-0.15, -0.1) is 11.3 Å². The molecule has 140 valence electrons. The van der Waals surface area contributed by atoms with Crippen molar-refractivity contribution in [2.75, 3.05) is 12.4 Å². The minimum atomic E-state index is -5.08. The molecule has 1 unspecified atom stereocenters. The summed E-state index contributed by atoms with van der Waals surface area (Å²) in [5, 5.41) is 15.6. The van der Waals surface area contributed by atoms with E-state index in [0.717, 1.165) is 0 Å². The van der Waals surface area contributed by atoms with Crippen LogP contribution in [0.25, 0.3) is 0 Å². The Kier molecular flexibility index (Phi) is 5.67. The van der Waals surface area contributed by atoms with Gasteiger partial charge in [-0.3, -0.25) is 9.59 Å². The number of thiazole rings is 1. The summed E-state index contributed by atoms with van der Waals surface area (Å²) in [7, 11) is 1.42. The molecule has 2 aromatic rings. The zero-order valence-corrected chi connectivity index (χ0v) is 14.7. The molecule has 0 radical (unpaired) electrons. The predicted octanol–water partition coefficient (Wildman–Crippen LogP) is 2.59. The topological polar surface area (TPSA) is 91.3 Å². The summed E-state index contributed by atoms with van der Waals surface area (Å²) in [5.41, 5.74) is -2.72. The Morgan fingerprint density at radius 3 is 2.54 bits per heavy atom. The van der Waals surface area contributed by atoms with Crippen LogP contribution in [0.4, 0.5) is 18.9 Å². The minimum Gasteiger partial charge on any atom is -0.374 e. The van der Waals surface area contributed by atoms with Crippen molar-refractivity contribution in [3.05, 3.63) is 45.9 Å². The van der Waals surface area contributed by atoms with Gasteiger partial charge in [0.2, 0.25) is 11.5 Å². The van der Waals surface area contributed by atoms with Gasteiger partial charge < -0.3 is 15.7 Å². The van der Waals surface area contributed by atoms with Gasteiger partial charge in [-0.2, -0.15) is 13.2 Å². The van der Waals surface area contributed by atoms with Gasteiger partial charge in [0.05, 0.1) is 6.42 Å². The second-order valence-electron chi connectivity index (χ2n) is 5.54. The lowest BCUT2D eigenvalue weighted by atomic mass is 9.99. The SMILES string of the molecule is CNC(=O)c1cccc(NC(=O)CC(O)(c2nc(C)cs2)C(F)(F)F)c1. The fourth-order valence-corrected chi connectivity index (χ4v) is 3.08. The van der Waals surface area contributed by atoms with Crippen LogP contribution in [0.15, 0.2) is 29.6 Å². The molecule has 0 aliphatic carbocycles. The molecule has 0 aliphatic rings. The second-order valence-corrected chi connectivity index (χ2v) is 6.40. The Balaban J connectivity index is 2.22. The Labute approximate surface area is 151 Å². The maximum atomic E-state index is 13.4. The number of halogens is 3. The van der Waals surface area contributed by atoms with Crippen molar-refractivity contribution in [2.45, 2.75) is 25.1 Å². The van der Waals surface area contributed by atoms with E-state index in [9.17, 15) is 27.9 Å². The number of alkyl halides is 3. The lowest BCUT2D eigenvalue weighted by molar-refractivity contribution is -0.266. The van der Waals surface area contributed by atoms with Crippen molar-refractivity contribution in [1.29, 1.82) is 0 Å². The molecule has 2 rings (SSSR count). The van der Waals surface area contributed by atoms with E-state index in [2.05, 4.69) is 15.6 Å². The molecule has 0 saturated carbocycles. The van der Waals surface area contributed by atoms with E-state index < -0.39 is 35.0 Å². The van der Waals surface area contributed by atoms with Crippen LogP contribution in [0.5, 0.6) is 0 Å². The number of aryl methyl sites for hydroxylation is 1. The zero-order chi connectivity index (χ0) is 19.5. The van der Waals surface area contributed by atoms with E-state index in [0.29, 0.717) is 17.0 Å². The standard InChI is InChI=1S/C16H16F3N3O3S/c1-9-8-26-14(21-9)15(25,16(17,18)19)7-12(23)22-11-5-3-4-10(6-11)13(24)20-2/h3-6,8,25H,7H2,1-2H3,(H,20,24)(H,22,23). The molecule has 1 atom stereocenters. The van der Waals surface area contributed by atoms with Crippen LogP contribution in [-0.4, -0.2) is 35.1 Å². The van der Waals surface area contributed by atoms with E-state index >= 15 is 0 Å². The Bertz CT molecular complexity index is 822. The first-order valence-electron chi connectivity index (χ1n) is 7.40. The van der Waals surface area contributed by atoms with Crippen molar-refractivity contribution >= 4 is 28.8 Å². The smallest absolute Gasteiger partial charge is 0.374 e. The molecule has 1 aromatic heterocycles. The first-order valence-corrected chi connectivity index (χ1v) is 8.28. The van der Waals surface area contributed by atoms with Gasteiger partial charge in [0.1, 0.15) is 5.01 Å². The van der Waals surface area contributed by atoms with E-state index in [1.807, 2.05) is 0 Å². The van der Waals surface area contributed by atoms with Gasteiger partial charge in [0, 0.05) is 29.4 Å². The molecule has 26 heavy (non-hydrogen) atoms. The van der Waals surface area contributed by atoms with E-state index in [1.54, 1.807) is 0 Å². The first kappa shape index (κ1) is 19.9. The largest absolute Gasteiger partial charge is 0.424 e. The normalized spacial score (nSPS) is 13.8. The van der Waals surface area contributed by atoms with E-state index in [1.165, 1.54) is 43.6 Å². The van der Waals surface area contributed by atoms with Crippen molar-refractivity contribution in [1.82, 2.24) is 10.3 Å². The third-order valence-electron chi connectivity index (χ3n) is 3.49. The number of aliphatic hydroxyl groups is 1. The molecular weight excluding hydrogens is 371 g/mol. The molecular formula is C16H16F3N3O3S. The van der Waals surface area contributed by atoms with Crippen molar-refractivity contribution in [2.24, 2.45) is 0 Å². The average Bonchev–Trinajstić information content (AvgIpc) is 3.00. The van der Waals surface area contributed by atoms with Gasteiger partial charge >= 0.3 is 6.18 Å². The maximum absolute atomic E-state index is 13.4. The van der Waals surface area contributed by atoms with Crippen molar-refractivity contribution in [3.8, 4) is 0 Å². The number of carbonyl (C=O) groups excluding carboxylic acids is 2. The number of hydrogen-bond donors (Lipinski definition) is 3. The lowest BCUT2D eigenvalue weighted by Crippen LogP contribution is -2.45. The molecule has 0 saturated heterocycles. The summed E-state index contributed by atoms with van der Waals surface area (Å²) in [6.07, 6.45) is -6.34. The molecule has 2 amide bonds. The molecule has 3 N–H and O–H groups in total. The monoisotopic (exact) mass is 387 g/mol. The number of nitrogens with zero attached hydrogens (tertiary/aromatic N) is 1. The fourth-order valence-electron chi connectivity index (χ4n) is 2.16. The lowest BCUT2D eigenvalue weighted by Gasteiger charge is -2.27. The number of anilines is 1. The van der Waals surface area contributed by atoms with Crippen LogP contribution in [0, 0.1) is 6.92 Å². The molecule has 0 fully saturated rings.